The Kier molecular flexibility index (Phi) is 5.04. The number of aryl methyl sites for hydroxylation is 2. The number of rotatable bonds is 6. The molecule has 0 aromatic heterocycles. The summed E-state index contributed by atoms with van der Waals surface area (Å²) in [5.41, 5.74) is 3.60. The number of ether oxygens (including phenoxy) is 2. The second kappa shape index (κ2) is 6.98. The van der Waals surface area contributed by atoms with Crippen LogP contribution in [0.25, 0.3) is 0 Å². The van der Waals surface area contributed by atoms with Gasteiger partial charge in [-0.3, -0.25) is 0 Å². The maximum atomic E-state index is 11.1. The van der Waals surface area contributed by atoms with Crippen LogP contribution in [0, 0.1) is 20.8 Å². The fraction of sp³-hybridized carbons (Fsp3) is 0.278. The van der Waals surface area contributed by atoms with Gasteiger partial charge in [-0.2, -0.15) is 0 Å². The summed E-state index contributed by atoms with van der Waals surface area (Å²) >= 11 is 0. The molecular weight excluding hydrogens is 280 g/mol. The van der Waals surface area contributed by atoms with Crippen LogP contribution in [0.5, 0.6) is 11.5 Å². The summed E-state index contributed by atoms with van der Waals surface area (Å²) in [5, 5.41) is 9.09. The van der Waals surface area contributed by atoms with Gasteiger partial charge in [-0.25, -0.2) is 4.79 Å². The molecule has 0 amide bonds. The molecule has 116 valence electrons. The number of carbonyl (C=O) groups is 1. The Morgan fingerprint density at radius 1 is 1.00 bits per heavy atom. The zero-order valence-corrected chi connectivity index (χ0v) is 13.1. The van der Waals surface area contributed by atoms with Crippen molar-refractivity contribution in [3.8, 4) is 11.5 Å². The first-order valence-corrected chi connectivity index (χ1v) is 7.15. The van der Waals surface area contributed by atoms with Gasteiger partial charge < -0.3 is 14.6 Å². The molecule has 0 radical (unpaired) electrons. The minimum Gasteiger partial charge on any atom is -0.490 e. The van der Waals surface area contributed by atoms with Crippen LogP contribution in [0.4, 0.5) is 0 Å². The Morgan fingerprint density at radius 3 is 2.32 bits per heavy atom. The molecule has 2 aromatic carbocycles. The lowest BCUT2D eigenvalue weighted by Crippen LogP contribution is -2.12. The van der Waals surface area contributed by atoms with E-state index in [1.165, 1.54) is 11.6 Å². The third-order valence-corrected chi connectivity index (χ3v) is 3.48. The summed E-state index contributed by atoms with van der Waals surface area (Å²) in [4.78, 5) is 11.1. The van der Waals surface area contributed by atoms with E-state index in [2.05, 4.69) is 13.0 Å². The van der Waals surface area contributed by atoms with Crippen molar-refractivity contribution in [2.24, 2.45) is 0 Å². The molecule has 1 N–H and O–H groups in total. The third-order valence-electron chi connectivity index (χ3n) is 3.48. The summed E-state index contributed by atoms with van der Waals surface area (Å²) < 4.78 is 11.3. The molecule has 0 saturated carbocycles. The molecular formula is C18H20O4. The Balaban J connectivity index is 1.95. The van der Waals surface area contributed by atoms with Crippen LogP contribution in [0.3, 0.4) is 0 Å². The van der Waals surface area contributed by atoms with Crippen molar-refractivity contribution < 1.29 is 19.4 Å². The smallest absolute Gasteiger partial charge is 0.339 e. The van der Waals surface area contributed by atoms with E-state index < -0.39 is 5.97 Å². The lowest BCUT2D eigenvalue weighted by Gasteiger charge is -2.13. The first kappa shape index (κ1) is 15.9. The van der Waals surface area contributed by atoms with Gasteiger partial charge in [0.25, 0.3) is 0 Å². The van der Waals surface area contributed by atoms with Gasteiger partial charge in [-0.1, -0.05) is 18.2 Å². The highest BCUT2D eigenvalue weighted by Crippen LogP contribution is 2.23. The van der Waals surface area contributed by atoms with E-state index in [1.807, 2.05) is 19.9 Å². The second-order valence-electron chi connectivity index (χ2n) is 5.20. The number of para-hydroxylation sites is 1. The Bertz CT molecular complexity index is 677. The summed E-state index contributed by atoms with van der Waals surface area (Å²) in [6.07, 6.45) is 0. The van der Waals surface area contributed by atoms with Crippen molar-refractivity contribution in [2.75, 3.05) is 13.2 Å². The highest BCUT2D eigenvalue weighted by atomic mass is 16.5. The highest BCUT2D eigenvalue weighted by Gasteiger charge is 2.10. The molecule has 4 nitrogen and oxygen atoms in total. The molecule has 0 saturated heterocycles. The Labute approximate surface area is 130 Å². The normalized spacial score (nSPS) is 10.3. The van der Waals surface area contributed by atoms with Gasteiger partial charge in [-0.05, 0) is 55.7 Å². The van der Waals surface area contributed by atoms with E-state index >= 15 is 0 Å². The predicted octanol–water partition coefficient (Wildman–Crippen LogP) is 3.77. The summed E-state index contributed by atoms with van der Waals surface area (Å²) in [5.74, 6) is 0.199. The molecule has 0 aliphatic rings. The van der Waals surface area contributed by atoms with Gasteiger partial charge in [0, 0.05) is 0 Å². The lowest BCUT2D eigenvalue weighted by atomic mass is 10.1. The van der Waals surface area contributed by atoms with E-state index in [0.717, 1.165) is 16.9 Å². The van der Waals surface area contributed by atoms with Gasteiger partial charge in [-0.15, -0.1) is 0 Å². The standard InChI is InChI=1S/C18H20O4/c1-12-10-13(2)14(3)17(11-12)22-9-8-21-16-7-5-4-6-15(16)18(19)20/h4-7,10-11H,8-9H2,1-3H3,(H,19,20). The number of benzene rings is 2. The van der Waals surface area contributed by atoms with Gasteiger partial charge in [0.1, 0.15) is 30.3 Å². The molecule has 0 fully saturated rings. The molecule has 4 heteroatoms. The van der Waals surface area contributed by atoms with Gasteiger partial charge >= 0.3 is 5.97 Å². The van der Waals surface area contributed by atoms with E-state index in [-0.39, 0.29) is 12.2 Å². The Hall–Kier alpha value is -2.49. The maximum absolute atomic E-state index is 11.1. The predicted molar refractivity (Wildman–Crippen MR) is 85.0 cm³/mol. The minimum atomic E-state index is -0.998. The number of hydrogen-bond donors (Lipinski definition) is 1. The van der Waals surface area contributed by atoms with Crippen LogP contribution >= 0.6 is 0 Å². The maximum Gasteiger partial charge on any atom is 0.339 e. The van der Waals surface area contributed by atoms with Crippen molar-refractivity contribution in [2.45, 2.75) is 20.8 Å². The van der Waals surface area contributed by atoms with Gasteiger partial charge in [0.05, 0.1) is 0 Å². The van der Waals surface area contributed by atoms with Crippen LogP contribution in [0.2, 0.25) is 0 Å². The topological polar surface area (TPSA) is 55.8 Å². The summed E-state index contributed by atoms with van der Waals surface area (Å²) in [7, 11) is 0. The average molecular weight is 300 g/mol. The van der Waals surface area contributed by atoms with Gasteiger partial charge in [0.2, 0.25) is 0 Å². The Morgan fingerprint density at radius 2 is 1.64 bits per heavy atom. The molecule has 0 spiro atoms. The van der Waals surface area contributed by atoms with Gasteiger partial charge in [0.15, 0.2) is 0 Å². The fourth-order valence-electron chi connectivity index (χ4n) is 2.22. The van der Waals surface area contributed by atoms with Crippen LogP contribution in [-0.2, 0) is 0 Å². The molecule has 0 atom stereocenters. The highest BCUT2D eigenvalue weighted by molar-refractivity contribution is 5.90. The number of hydrogen-bond acceptors (Lipinski definition) is 3. The molecule has 0 heterocycles. The molecule has 22 heavy (non-hydrogen) atoms. The van der Waals surface area contributed by atoms with Crippen molar-refractivity contribution in [1.82, 2.24) is 0 Å². The summed E-state index contributed by atoms with van der Waals surface area (Å²) in [6, 6.07) is 10.7. The molecule has 0 aliphatic carbocycles. The first-order valence-electron chi connectivity index (χ1n) is 7.15. The zero-order chi connectivity index (χ0) is 16.1. The number of aromatic carboxylic acids is 1. The molecule has 0 bridgehead atoms. The SMILES string of the molecule is Cc1cc(C)c(C)c(OCCOc2ccccc2C(=O)O)c1. The van der Waals surface area contributed by atoms with E-state index in [1.54, 1.807) is 18.2 Å². The molecule has 0 unspecified atom stereocenters. The first-order chi connectivity index (χ1) is 10.5. The van der Waals surface area contributed by atoms with Crippen LogP contribution in [0.1, 0.15) is 27.0 Å². The van der Waals surface area contributed by atoms with Crippen LogP contribution < -0.4 is 9.47 Å². The monoisotopic (exact) mass is 300 g/mol. The van der Waals surface area contributed by atoms with E-state index in [0.29, 0.717) is 12.4 Å². The molecule has 2 aromatic rings. The number of carboxylic acid groups (broad SMARTS) is 1. The van der Waals surface area contributed by atoms with E-state index in [4.69, 9.17) is 14.6 Å². The van der Waals surface area contributed by atoms with Crippen molar-refractivity contribution >= 4 is 5.97 Å². The number of carboxylic acids is 1. The second-order valence-corrected chi connectivity index (χ2v) is 5.20. The van der Waals surface area contributed by atoms with E-state index in [9.17, 15) is 4.79 Å². The molecule has 2 rings (SSSR count). The third kappa shape index (κ3) is 3.79. The average Bonchev–Trinajstić information content (AvgIpc) is 2.48. The van der Waals surface area contributed by atoms with Crippen molar-refractivity contribution in [3.63, 3.8) is 0 Å². The minimum absolute atomic E-state index is 0.157. The lowest BCUT2D eigenvalue weighted by molar-refractivity contribution is 0.0691. The zero-order valence-electron chi connectivity index (χ0n) is 13.1. The summed E-state index contributed by atoms with van der Waals surface area (Å²) in [6.45, 7) is 6.74. The van der Waals surface area contributed by atoms with Crippen molar-refractivity contribution in [1.29, 1.82) is 0 Å². The molecule has 0 aliphatic heterocycles. The van der Waals surface area contributed by atoms with Crippen LogP contribution in [-0.4, -0.2) is 24.3 Å². The fourth-order valence-corrected chi connectivity index (χ4v) is 2.22. The quantitative estimate of drug-likeness (QED) is 0.825. The largest absolute Gasteiger partial charge is 0.490 e. The van der Waals surface area contributed by atoms with Crippen LogP contribution in [0.15, 0.2) is 36.4 Å². The van der Waals surface area contributed by atoms with Crippen molar-refractivity contribution in [3.05, 3.63) is 58.7 Å².